The number of fused-ring (bicyclic) bond motifs is 2. The van der Waals surface area contributed by atoms with E-state index in [0.29, 0.717) is 0 Å². The van der Waals surface area contributed by atoms with Crippen LogP contribution in [0.5, 0.6) is 0 Å². The van der Waals surface area contributed by atoms with E-state index in [-0.39, 0.29) is 5.92 Å². The zero-order valence-corrected chi connectivity index (χ0v) is 41.7. The summed E-state index contributed by atoms with van der Waals surface area (Å²) in [5.41, 5.74) is 10.3. The lowest BCUT2D eigenvalue weighted by Crippen LogP contribution is -2.16. The maximum atomic E-state index is 5.03. The van der Waals surface area contributed by atoms with Gasteiger partial charge in [0.25, 0.3) is 0 Å². The highest BCUT2D eigenvalue weighted by atomic mass is 15.1. The zero-order valence-electron chi connectivity index (χ0n) is 41.7. The molecule has 9 rings (SSSR count). The first-order valence-electron chi connectivity index (χ1n) is 24.1. The topological polar surface area (TPSA) is 34.0 Å². The summed E-state index contributed by atoms with van der Waals surface area (Å²) in [6, 6.07) is 45.4. The number of nitrogens with zero attached hydrogens (tertiary/aromatic N) is 4. The molecule has 7 aromatic carbocycles. The van der Waals surface area contributed by atoms with Crippen molar-refractivity contribution in [2.24, 2.45) is 7.05 Å². The van der Waals surface area contributed by atoms with Crippen molar-refractivity contribution < 1.29 is 0 Å². The Hall–Kier alpha value is -7.56. The van der Waals surface area contributed by atoms with Crippen LogP contribution in [0.3, 0.4) is 0 Å². The summed E-state index contributed by atoms with van der Waals surface area (Å²) in [5.74, 6) is 0.929. The third kappa shape index (κ3) is 11.3. The van der Waals surface area contributed by atoms with Crippen molar-refractivity contribution in [2.75, 3.05) is 11.9 Å². The van der Waals surface area contributed by atoms with Gasteiger partial charge in [-0.15, -0.1) is 0 Å². The Morgan fingerprint density at radius 1 is 0.662 bits per heavy atom. The number of aryl methyl sites for hydroxylation is 2. The fourth-order valence-electron chi connectivity index (χ4n) is 8.53. The fourth-order valence-corrected chi connectivity index (χ4v) is 8.53. The van der Waals surface area contributed by atoms with Gasteiger partial charge in [-0.3, -0.25) is 0 Å². The van der Waals surface area contributed by atoms with Gasteiger partial charge in [0.2, 0.25) is 0 Å². The third-order valence-electron chi connectivity index (χ3n) is 12.1. The predicted octanol–water partition coefficient (Wildman–Crippen LogP) is 18.1. The Bertz CT molecular complexity index is 3180. The molecule has 344 valence electrons. The van der Waals surface area contributed by atoms with E-state index < -0.39 is 0 Å². The summed E-state index contributed by atoms with van der Waals surface area (Å²) in [7, 11) is 4.27. The van der Waals surface area contributed by atoms with Crippen LogP contribution in [0, 0.1) is 0 Å². The number of hydrogen-bond donors (Lipinski definition) is 0. The average Bonchev–Trinajstić information content (AvgIpc) is 3.68. The van der Waals surface area contributed by atoms with E-state index in [4.69, 9.17) is 9.97 Å². The maximum Gasteiger partial charge on any atom is 0.160 e. The van der Waals surface area contributed by atoms with Crippen LogP contribution in [-0.2, 0) is 13.5 Å². The molecule has 2 aromatic heterocycles. The molecular weight excluding hydrogens is 825 g/mol. The molecule has 0 saturated heterocycles. The predicted molar refractivity (Wildman–Crippen MR) is 301 cm³/mol. The standard InChI is InChI=1S/C32H28N2.C25H26N2.C5H8.C2H6/c1-3-4-5-6-11-23(2)30-22-31(28-18-16-24-12-7-9-14-26(24)20-28)34-32(33-30)29-19-17-25-13-8-10-15-27(25)21-29;1-6-8-9-11-17(3)26(4)22-16-23-25-20(19(22)7-2)15-14-18-12-10-13-21(24(18)25)27(23)5;1-3-5-4-2;1-2/h4-23H,3H2,1-2H3;6,8-16H,3,7H2,1-2,4-5H3;3-5H,1H2,2H3;1-2H3/b5-4-,11-6-;8-6-,11-9-;5-4-;. The van der Waals surface area contributed by atoms with Crippen LogP contribution in [0.25, 0.3) is 76.8 Å². The Balaban J connectivity index is 0.000000201. The number of anilines is 1. The molecule has 0 amide bonds. The molecule has 0 radical (unpaired) electrons. The summed E-state index contributed by atoms with van der Waals surface area (Å²) in [6.45, 7) is 22.3. The minimum atomic E-state index is 0.169. The molecule has 4 nitrogen and oxygen atoms in total. The molecule has 0 aliphatic rings. The maximum absolute atomic E-state index is 5.03. The number of likely N-dealkylation sites (N-methyl/N-ethyl adjacent to an activating group) is 1. The normalized spacial score (nSPS) is 12.1. The highest BCUT2D eigenvalue weighted by Crippen LogP contribution is 2.42. The molecule has 0 N–H and O–H groups in total. The first-order chi connectivity index (χ1) is 33.2. The Morgan fingerprint density at radius 2 is 1.29 bits per heavy atom. The number of allylic oxidation sites excluding steroid dienone is 11. The van der Waals surface area contributed by atoms with Gasteiger partial charge in [0.1, 0.15) is 0 Å². The summed E-state index contributed by atoms with van der Waals surface area (Å²) in [5, 5.41) is 10.3. The van der Waals surface area contributed by atoms with Crippen molar-refractivity contribution in [3.8, 4) is 22.6 Å². The number of benzene rings is 7. The molecule has 0 aliphatic heterocycles. The van der Waals surface area contributed by atoms with Crippen molar-refractivity contribution in [1.82, 2.24) is 14.5 Å². The molecule has 0 spiro atoms. The summed E-state index contributed by atoms with van der Waals surface area (Å²) < 4.78 is 2.32. The first kappa shape index (κ1) is 49.9. The first-order valence-corrected chi connectivity index (χ1v) is 24.1. The molecule has 1 unspecified atom stereocenters. The molecule has 4 heteroatoms. The van der Waals surface area contributed by atoms with Crippen LogP contribution in [0.1, 0.15) is 72.1 Å². The summed E-state index contributed by atoms with van der Waals surface area (Å²) in [4.78, 5) is 12.2. The molecule has 68 heavy (non-hydrogen) atoms. The lowest BCUT2D eigenvalue weighted by Gasteiger charge is -2.24. The van der Waals surface area contributed by atoms with Gasteiger partial charge in [-0.2, -0.15) is 0 Å². The molecule has 2 heterocycles. The largest absolute Gasteiger partial charge is 0.345 e. The van der Waals surface area contributed by atoms with Gasteiger partial charge in [-0.05, 0) is 101 Å². The monoisotopic (exact) mass is 893 g/mol. The van der Waals surface area contributed by atoms with Crippen LogP contribution in [0.4, 0.5) is 5.69 Å². The van der Waals surface area contributed by atoms with Crippen LogP contribution >= 0.6 is 0 Å². The number of hydrogen-bond acceptors (Lipinski definition) is 3. The second kappa shape index (κ2) is 24.3. The van der Waals surface area contributed by atoms with Gasteiger partial charge < -0.3 is 9.47 Å². The van der Waals surface area contributed by atoms with Crippen LogP contribution in [0.2, 0.25) is 0 Å². The quantitative estimate of drug-likeness (QED) is 0.0905. The van der Waals surface area contributed by atoms with E-state index in [1.54, 1.807) is 6.08 Å². The van der Waals surface area contributed by atoms with E-state index >= 15 is 0 Å². The van der Waals surface area contributed by atoms with Gasteiger partial charge >= 0.3 is 0 Å². The van der Waals surface area contributed by atoms with Crippen LogP contribution in [0.15, 0.2) is 213 Å². The minimum Gasteiger partial charge on any atom is -0.345 e. The van der Waals surface area contributed by atoms with Crippen LogP contribution in [-0.4, -0.2) is 21.6 Å². The number of rotatable bonds is 12. The Morgan fingerprint density at radius 3 is 1.93 bits per heavy atom. The molecule has 0 fully saturated rings. The molecule has 0 bridgehead atoms. The van der Waals surface area contributed by atoms with Crippen molar-refractivity contribution in [3.63, 3.8) is 0 Å². The van der Waals surface area contributed by atoms with E-state index in [9.17, 15) is 0 Å². The minimum absolute atomic E-state index is 0.169. The molecular formula is C64H68N4. The molecule has 0 saturated carbocycles. The van der Waals surface area contributed by atoms with Crippen molar-refractivity contribution in [3.05, 3.63) is 224 Å². The molecule has 9 aromatic rings. The van der Waals surface area contributed by atoms with E-state index in [1.807, 2.05) is 58.1 Å². The average molecular weight is 893 g/mol. The number of aromatic nitrogens is 3. The van der Waals surface area contributed by atoms with Gasteiger partial charge in [0.05, 0.1) is 16.9 Å². The van der Waals surface area contributed by atoms with Gasteiger partial charge in [-0.25, -0.2) is 9.97 Å². The van der Waals surface area contributed by atoms with Crippen LogP contribution < -0.4 is 4.90 Å². The SMILES string of the molecule is C=C(/C=C\C=C/C)N(C)c1cc2c3c(ccc4cccc(c43)n2C)c1CC.C=C/C=C\C.CC.CC/C=C\C=C/C(C)c1cc(-c2ccc3ccccc3c2)nc(-c2ccc3ccccc3c2)n1. The third-order valence-corrected chi connectivity index (χ3v) is 12.1. The van der Waals surface area contributed by atoms with E-state index in [2.05, 4.69) is 215 Å². The van der Waals surface area contributed by atoms with Crippen molar-refractivity contribution in [2.45, 2.75) is 67.2 Å². The fraction of sp³-hybridized carbons (Fsp3) is 0.188. The van der Waals surface area contributed by atoms with Crippen molar-refractivity contribution in [1.29, 1.82) is 0 Å². The molecule has 1 atom stereocenters. The highest BCUT2D eigenvalue weighted by Gasteiger charge is 2.20. The smallest absolute Gasteiger partial charge is 0.160 e. The Kier molecular flexibility index (Phi) is 17.8. The van der Waals surface area contributed by atoms with Gasteiger partial charge in [-0.1, -0.05) is 206 Å². The lowest BCUT2D eigenvalue weighted by molar-refractivity contribution is 0.897. The van der Waals surface area contributed by atoms with Gasteiger partial charge in [0, 0.05) is 58.8 Å². The van der Waals surface area contributed by atoms with E-state index in [0.717, 1.165) is 46.9 Å². The second-order valence-electron chi connectivity index (χ2n) is 16.5. The molecule has 0 aliphatic carbocycles. The Labute approximate surface area is 405 Å². The summed E-state index contributed by atoms with van der Waals surface area (Å²) in [6.07, 6.45) is 24.3. The highest BCUT2D eigenvalue weighted by molar-refractivity contribution is 6.25. The van der Waals surface area contributed by atoms with Gasteiger partial charge in [0.15, 0.2) is 5.82 Å². The zero-order chi connectivity index (χ0) is 48.6. The second-order valence-corrected chi connectivity index (χ2v) is 16.5. The van der Waals surface area contributed by atoms with Crippen molar-refractivity contribution >= 4 is 59.8 Å². The van der Waals surface area contributed by atoms with E-state index in [1.165, 1.54) is 65.4 Å². The summed E-state index contributed by atoms with van der Waals surface area (Å²) >= 11 is 0. The lowest BCUT2D eigenvalue weighted by atomic mass is 9.95.